The molecular formula is C68H47N3. The lowest BCUT2D eigenvalue weighted by molar-refractivity contribution is 1.26. The van der Waals surface area contributed by atoms with Gasteiger partial charge in [-0.25, -0.2) is 0 Å². The molecule has 0 atom stereocenters. The molecule has 13 rings (SSSR count). The Balaban J connectivity index is 1.14. The first-order valence-electron chi connectivity index (χ1n) is 24.3. The van der Waals surface area contributed by atoms with E-state index >= 15 is 0 Å². The van der Waals surface area contributed by atoms with Crippen molar-refractivity contribution in [3.8, 4) is 33.4 Å². The van der Waals surface area contributed by atoms with Gasteiger partial charge in [-0.2, -0.15) is 0 Å². The normalized spacial score (nSPS) is 11.5. The first kappa shape index (κ1) is 41.8. The fraction of sp³-hybridized carbons (Fsp3) is 0.0147. The zero-order valence-electron chi connectivity index (χ0n) is 39.2. The molecule has 71 heavy (non-hydrogen) atoms. The molecule has 0 bridgehead atoms. The summed E-state index contributed by atoms with van der Waals surface area (Å²) in [6, 6.07) is 94.6. The molecular weight excluding hydrogens is 859 g/mol. The number of anilines is 6. The number of pyridine rings is 1. The highest BCUT2D eigenvalue weighted by molar-refractivity contribution is 6.24. The summed E-state index contributed by atoms with van der Waals surface area (Å²) in [4.78, 5) is 10.4. The highest BCUT2D eigenvalue weighted by atomic mass is 15.2. The zero-order valence-corrected chi connectivity index (χ0v) is 39.2. The molecule has 12 aromatic carbocycles. The number of para-hydroxylation sites is 2. The predicted octanol–water partition coefficient (Wildman–Crippen LogP) is 19.1. The third kappa shape index (κ3) is 7.52. The minimum atomic E-state index is 0.940. The van der Waals surface area contributed by atoms with Crippen LogP contribution in [-0.4, -0.2) is 4.98 Å². The van der Waals surface area contributed by atoms with Gasteiger partial charge in [0.1, 0.15) is 0 Å². The maximum atomic E-state index is 5.68. The van der Waals surface area contributed by atoms with Gasteiger partial charge in [0.25, 0.3) is 0 Å². The van der Waals surface area contributed by atoms with Crippen molar-refractivity contribution >= 4 is 88.1 Å². The van der Waals surface area contributed by atoms with Gasteiger partial charge in [0.2, 0.25) is 0 Å². The summed E-state index contributed by atoms with van der Waals surface area (Å²) in [6.07, 6.45) is 2.07. The molecule has 3 nitrogen and oxygen atoms in total. The van der Waals surface area contributed by atoms with Crippen molar-refractivity contribution in [2.75, 3.05) is 9.80 Å². The molecule has 0 N–H and O–H groups in total. The summed E-state index contributed by atoms with van der Waals surface area (Å²) in [5, 5.41) is 10.6. The van der Waals surface area contributed by atoms with Crippen LogP contribution in [0.2, 0.25) is 0 Å². The summed E-state index contributed by atoms with van der Waals surface area (Å²) >= 11 is 0. The van der Waals surface area contributed by atoms with Gasteiger partial charge in [0, 0.05) is 39.4 Å². The van der Waals surface area contributed by atoms with Crippen LogP contribution in [0.1, 0.15) is 5.56 Å². The Morgan fingerprint density at radius 3 is 1.46 bits per heavy atom. The van der Waals surface area contributed by atoms with Gasteiger partial charge >= 0.3 is 0 Å². The Bertz CT molecular complexity index is 4110. The number of fused-ring (bicyclic) bond motifs is 5. The van der Waals surface area contributed by atoms with Gasteiger partial charge in [-0.15, -0.1) is 0 Å². The van der Waals surface area contributed by atoms with Gasteiger partial charge in [-0.3, -0.25) is 4.98 Å². The number of hydrogen-bond donors (Lipinski definition) is 0. The molecule has 0 aliphatic rings. The van der Waals surface area contributed by atoms with Crippen LogP contribution in [0.3, 0.4) is 0 Å². The highest BCUT2D eigenvalue weighted by Gasteiger charge is 2.25. The third-order valence-electron chi connectivity index (χ3n) is 14.1. The summed E-state index contributed by atoms with van der Waals surface area (Å²) in [6.45, 7) is 2.27. The van der Waals surface area contributed by atoms with Gasteiger partial charge in [-0.1, -0.05) is 194 Å². The predicted molar refractivity (Wildman–Crippen MR) is 302 cm³/mol. The van der Waals surface area contributed by atoms with Crippen LogP contribution in [0, 0.1) is 6.92 Å². The molecule has 1 heterocycles. The van der Waals surface area contributed by atoms with Crippen molar-refractivity contribution in [2.24, 2.45) is 0 Å². The Morgan fingerprint density at radius 2 is 0.803 bits per heavy atom. The van der Waals surface area contributed by atoms with E-state index in [-0.39, 0.29) is 0 Å². The Morgan fingerprint density at radius 1 is 0.296 bits per heavy atom. The first-order chi connectivity index (χ1) is 35.1. The summed E-state index contributed by atoms with van der Waals surface area (Å²) < 4.78 is 0. The zero-order chi connectivity index (χ0) is 47.3. The lowest BCUT2D eigenvalue weighted by atomic mass is 9.85. The molecule has 0 spiro atoms. The maximum absolute atomic E-state index is 5.68. The van der Waals surface area contributed by atoms with E-state index < -0.39 is 0 Å². The SMILES string of the molecule is Cc1cc2c(-c3cccc4ccccc34)c3cc(N(c4ccccc4)c4ccc5ccccc5c4)cnc3c(-c3ccc(-c4ccccc4)cc3)c2cc1N(c1ccccc1)c1ccc2ccccc2c1. The number of nitrogens with zero attached hydrogens (tertiary/aromatic N) is 3. The lowest BCUT2D eigenvalue weighted by Gasteiger charge is -2.29. The minimum absolute atomic E-state index is 0.940. The van der Waals surface area contributed by atoms with Crippen LogP contribution in [0.25, 0.3) is 87.4 Å². The van der Waals surface area contributed by atoms with Crippen molar-refractivity contribution in [3.63, 3.8) is 0 Å². The second-order valence-electron chi connectivity index (χ2n) is 18.4. The van der Waals surface area contributed by atoms with Crippen molar-refractivity contribution in [2.45, 2.75) is 6.92 Å². The fourth-order valence-electron chi connectivity index (χ4n) is 10.7. The molecule has 1 aromatic heterocycles. The second-order valence-corrected chi connectivity index (χ2v) is 18.4. The van der Waals surface area contributed by atoms with Crippen LogP contribution < -0.4 is 9.80 Å². The van der Waals surface area contributed by atoms with Crippen LogP contribution in [0.4, 0.5) is 34.1 Å². The van der Waals surface area contributed by atoms with E-state index in [1.54, 1.807) is 0 Å². The molecule has 0 fully saturated rings. The van der Waals surface area contributed by atoms with Crippen LogP contribution in [-0.2, 0) is 0 Å². The van der Waals surface area contributed by atoms with E-state index in [4.69, 9.17) is 4.98 Å². The number of aryl methyl sites for hydroxylation is 1. The van der Waals surface area contributed by atoms with Crippen LogP contribution in [0.15, 0.2) is 267 Å². The quantitative estimate of drug-likeness (QED) is 0.135. The average molecular weight is 906 g/mol. The summed E-state index contributed by atoms with van der Waals surface area (Å²) in [7, 11) is 0. The van der Waals surface area contributed by atoms with Crippen molar-refractivity contribution in [1.29, 1.82) is 0 Å². The Labute approximate surface area is 413 Å². The van der Waals surface area contributed by atoms with Crippen LogP contribution in [0.5, 0.6) is 0 Å². The molecule has 0 saturated heterocycles. The smallest absolute Gasteiger partial charge is 0.0794 e. The molecule has 334 valence electrons. The van der Waals surface area contributed by atoms with E-state index in [1.807, 2.05) is 0 Å². The molecule has 3 heteroatoms. The maximum Gasteiger partial charge on any atom is 0.0794 e. The monoisotopic (exact) mass is 905 g/mol. The summed E-state index contributed by atoms with van der Waals surface area (Å²) in [5.41, 5.74) is 15.4. The number of aromatic nitrogens is 1. The molecule has 0 saturated carbocycles. The van der Waals surface area contributed by atoms with E-state index in [0.717, 1.165) is 72.7 Å². The molecule has 0 aliphatic heterocycles. The molecule has 0 unspecified atom stereocenters. The van der Waals surface area contributed by atoms with Crippen molar-refractivity contribution in [3.05, 3.63) is 273 Å². The molecule has 0 aliphatic carbocycles. The second kappa shape index (κ2) is 17.6. The first-order valence-corrected chi connectivity index (χ1v) is 24.3. The van der Waals surface area contributed by atoms with Gasteiger partial charge in [0.15, 0.2) is 0 Å². The molecule has 0 radical (unpaired) electrons. The average Bonchev–Trinajstić information content (AvgIpc) is 3.43. The topological polar surface area (TPSA) is 19.4 Å². The molecule has 0 amide bonds. The fourth-order valence-corrected chi connectivity index (χ4v) is 10.7. The third-order valence-corrected chi connectivity index (χ3v) is 14.1. The number of rotatable bonds is 9. The van der Waals surface area contributed by atoms with Crippen molar-refractivity contribution < 1.29 is 0 Å². The summed E-state index contributed by atoms with van der Waals surface area (Å²) in [5.74, 6) is 0. The van der Waals surface area contributed by atoms with E-state index in [9.17, 15) is 0 Å². The Hall–Kier alpha value is -9.31. The van der Waals surface area contributed by atoms with E-state index in [2.05, 4.69) is 284 Å². The molecule has 13 aromatic rings. The Kier molecular flexibility index (Phi) is 10.4. The van der Waals surface area contributed by atoms with Crippen molar-refractivity contribution in [1.82, 2.24) is 4.98 Å². The van der Waals surface area contributed by atoms with Crippen LogP contribution >= 0.6 is 0 Å². The largest absolute Gasteiger partial charge is 0.310 e. The van der Waals surface area contributed by atoms with Gasteiger partial charge in [0.05, 0.1) is 17.4 Å². The van der Waals surface area contributed by atoms with Gasteiger partial charge in [-0.05, 0) is 150 Å². The lowest BCUT2D eigenvalue weighted by Crippen LogP contribution is -2.12. The van der Waals surface area contributed by atoms with E-state index in [1.165, 1.54) is 54.4 Å². The number of hydrogen-bond acceptors (Lipinski definition) is 3. The van der Waals surface area contributed by atoms with Gasteiger partial charge < -0.3 is 9.80 Å². The minimum Gasteiger partial charge on any atom is -0.310 e. The standard InChI is InChI=1S/C68H47N3/c1-46-40-62-63(44-65(46)71(56-28-9-4-10-29-56)58-39-37-49-21-12-14-24-54(49)42-58)66(52-34-32-50(33-35-52)47-18-5-2-6-19-47)68-64(67(62)61-31-17-25-51-22-15-16-30-60(51)61)43-59(45-69-68)70(55-26-7-3-8-27-55)57-38-36-48-20-11-13-23-53(48)41-57/h2-45H,1H3. The highest BCUT2D eigenvalue weighted by Crippen LogP contribution is 2.50. The van der Waals surface area contributed by atoms with E-state index in [0.29, 0.717) is 0 Å². The number of benzene rings is 12.